The molecule has 6 nitrogen and oxygen atoms in total. The van der Waals surface area contributed by atoms with Crippen molar-refractivity contribution in [1.82, 2.24) is 0 Å². The molecule has 29 heavy (non-hydrogen) atoms. The number of hydrogen-bond acceptors (Lipinski definition) is 5. The van der Waals surface area contributed by atoms with Gasteiger partial charge in [0.2, 0.25) is 0 Å². The molecule has 0 unspecified atom stereocenters. The van der Waals surface area contributed by atoms with Crippen LogP contribution in [0.1, 0.15) is 12.0 Å². The van der Waals surface area contributed by atoms with Crippen LogP contribution < -0.4 is 0 Å². The lowest BCUT2D eigenvalue weighted by Crippen LogP contribution is -2.00. The molecule has 0 aliphatic rings. The van der Waals surface area contributed by atoms with Crippen LogP contribution in [0.3, 0.4) is 0 Å². The van der Waals surface area contributed by atoms with Crippen molar-refractivity contribution in [1.29, 1.82) is 0 Å². The van der Waals surface area contributed by atoms with E-state index in [1.54, 1.807) is 6.21 Å². The normalized spacial score (nSPS) is 10.4. The molecule has 3 aromatic rings. The third-order valence-corrected chi connectivity index (χ3v) is 4.02. The highest BCUT2D eigenvalue weighted by atomic mass is 16.7. The molecule has 0 spiro atoms. The summed E-state index contributed by atoms with van der Waals surface area (Å²) in [5.41, 5.74) is 0.980. The van der Waals surface area contributed by atoms with Crippen LogP contribution in [0.25, 0.3) is 21.5 Å². The zero-order valence-corrected chi connectivity index (χ0v) is 15.7. The summed E-state index contributed by atoms with van der Waals surface area (Å²) in [5, 5.41) is 24.4. The number of fused-ring (bicyclic) bond motifs is 2. The van der Waals surface area contributed by atoms with Gasteiger partial charge in [-0.05, 0) is 27.6 Å². The Morgan fingerprint density at radius 2 is 1.59 bits per heavy atom. The van der Waals surface area contributed by atoms with Gasteiger partial charge in [-0.2, -0.15) is 0 Å². The number of aliphatic hydroxyl groups excluding tert-OH is 1. The summed E-state index contributed by atoms with van der Waals surface area (Å²) < 4.78 is 0. The molecule has 3 rings (SSSR count). The Hall–Kier alpha value is -3.77. The predicted molar refractivity (Wildman–Crippen MR) is 114 cm³/mol. The number of oxime groups is 1. The van der Waals surface area contributed by atoms with Crippen molar-refractivity contribution in [2.45, 2.75) is 6.42 Å². The van der Waals surface area contributed by atoms with Gasteiger partial charge in [-0.3, -0.25) is 0 Å². The van der Waals surface area contributed by atoms with Crippen molar-refractivity contribution < 1.29 is 24.6 Å². The van der Waals surface area contributed by atoms with Crippen LogP contribution in [0, 0.1) is 0 Å². The summed E-state index contributed by atoms with van der Waals surface area (Å²) >= 11 is 0. The summed E-state index contributed by atoms with van der Waals surface area (Å²) in [5.74, 6) is -1.62. The number of carbonyl (C=O) groups is 2. The second kappa shape index (κ2) is 10.5. The predicted octanol–water partition coefficient (Wildman–Crippen LogP) is 4.07. The van der Waals surface area contributed by atoms with Gasteiger partial charge in [0.1, 0.15) is 0 Å². The van der Waals surface area contributed by atoms with Gasteiger partial charge >= 0.3 is 11.9 Å². The van der Waals surface area contributed by atoms with Crippen molar-refractivity contribution in [2.75, 3.05) is 6.61 Å². The van der Waals surface area contributed by atoms with Crippen LogP contribution in [0.2, 0.25) is 0 Å². The number of nitrogens with zero attached hydrogens (tertiary/aromatic N) is 1. The number of carbonyl (C=O) groups excluding carboxylic acids is 1. The van der Waals surface area contributed by atoms with Gasteiger partial charge in [0.15, 0.2) is 0 Å². The molecule has 0 saturated carbocycles. The molecule has 0 aromatic heterocycles. The minimum atomic E-state index is -1.04. The molecule has 3 aromatic carbocycles. The second-order valence-electron chi connectivity index (χ2n) is 5.96. The average Bonchev–Trinajstić information content (AvgIpc) is 2.73. The SMILES string of the molecule is C=C(CCO)C(=O)O.C=CC(=O)ON=Cc1c2ccccc2cc2ccccc12. The maximum atomic E-state index is 11.1. The average molecular weight is 391 g/mol. The number of aliphatic hydroxyl groups is 1. The highest BCUT2D eigenvalue weighted by Crippen LogP contribution is 2.27. The van der Waals surface area contributed by atoms with Crippen molar-refractivity contribution in [2.24, 2.45) is 5.16 Å². The largest absolute Gasteiger partial charge is 0.478 e. The Balaban J connectivity index is 0.000000321. The third-order valence-electron chi connectivity index (χ3n) is 4.02. The lowest BCUT2D eigenvalue weighted by Gasteiger charge is -2.07. The zero-order valence-electron chi connectivity index (χ0n) is 15.7. The molecular formula is C23H21NO5. The van der Waals surface area contributed by atoms with E-state index < -0.39 is 11.9 Å². The zero-order chi connectivity index (χ0) is 21.2. The topological polar surface area (TPSA) is 96.2 Å². The molecule has 148 valence electrons. The van der Waals surface area contributed by atoms with E-state index in [0.29, 0.717) is 0 Å². The number of carboxylic acids is 1. The first-order chi connectivity index (χ1) is 14.0. The summed E-state index contributed by atoms with van der Waals surface area (Å²) in [7, 11) is 0. The van der Waals surface area contributed by atoms with Crippen LogP contribution in [0.15, 0.2) is 84.6 Å². The first-order valence-corrected chi connectivity index (χ1v) is 8.77. The van der Waals surface area contributed by atoms with E-state index in [-0.39, 0.29) is 18.6 Å². The number of aliphatic carboxylic acids is 1. The van der Waals surface area contributed by atoms with E-state index in [4.69, 9.17) is 15.1 Å². The summed E-state index contributed by atoms with van der Waals surface area (Å²) in [6, 6.07) is 18.2. The minimum absolute atomic E-state index is 0.0486. The molecule has 0 bridgehead atoms. The van der Waals surface area contributed by atoms with Crippen LogP contribution in [-0.4, -0.2) is 35.0 Å². The third kappa shape index (κ3) is 5.85. The maximum absolute atomic E-state index is 11.1. The quantitative estimate of drug-likeness (QED) is 0.217. The molecule has 0 fully saturated rings. The van der Waals surface area contributed by atoms with Crippen LogP contribution in [0.4, 0.5) is 0 Å². The van der Waals surface area contributed by atoms with E-state index in [1.165, 1.54) is 0 Å². The number of rotatable bonds is 6. The van der Waals surface area contributed by atoms with Gasteiger partial charge in [-0.25, -0.2) is 9.59 Å². The Kier molecular flexibility index (Phi) is 7.82. The fraction of sp³-hybridized carbons (Fsp3) is 0.0870. The fourth-order valence-electron chi connectivity index (χ4n) is 2.60. The molecule has 0 heterocycles. The smallest absolute Gasteiger partial charge is 0.357 e. The van der Waals surface area contributed by atoms with Crippen LogP contribution in [0.5, 0.6) is 0 Å². The van der Waals surface area contributed by atoms with Gasteiger partial charge < -0.3 is 15.1 Å². The van der Waals surface area contributed by atoms with Crippen molar-refractivity contribution in [3.8, 4) is 0 Å². The van der Waals surface area contributed by atoms with E-state index in [9.17, 15) is 9.59 Å². The summed E-state index contributed by atoms with van der Waals surface area (Å²) in [6.07, 6.45) is 2.81. The Morgan fingerprint density at radius 1 is 1.03 bits per heavy atom. The van der Waals surface area contributed by atoms with Crippen molar-refractivity contribution in [3.05, 3.63) is 85.0 Å². The van der Waals surface area contributed by atoms with E-state index in [2.05, 4.69) is 36.5 Å². The minimum Gasteiger partial charge on any atom is -0.478 e. The molecular weight excluding hydrogens is 370 g/mol. The lowest BCUT2D eigenvalue weighted by atomic mass is 9.97. The highest BCUT2D eigenvalue weighted by Gasteiger charge is 2.05. The van der Waals surface area contributed by atoms with E-state index in [1.807, 2.05) is 36.4 Å². The van der Waals surface area contributed by atoms with Gasteiger partial charge in [0, 0.05) is 30.2 Å². The molecule has 0 atom stereocenters. The van der Waals surface area contributed by atoms with Gasteiger partial charge in [0.25, 0.3) is 0 Å². The van der Waals surface area contributed by atoms with Crippen molar-refractivity contribution in [3.63, 3.8) is 0 Å². The molecule has 0 amide bonds. The number of hydrogen-bond donors (Lipinski definition) is 2. The van der Waals surface area contributed by atoms with Gasteiger partial charge in [-0.15, -0.1) is 0 Å². The van der Waals surface area contributed by atoms with Gasteiger partial charge in [-0.1, -0.05) is 66.8 Å². The standard InChI is InChI=1S/C18H13NO2.C5H8O3/c1-2-18(20)21-19-12-17-15-9-5-3-7-13(15)11-14-8-4-6-10-16(14)17;1-4(2-3-6)5(7)8/h2-12H,1H2;6H,1-3H2,(H,7,8). The maximum Gasteiger partial charge on any atom is 0.357 e. The summed E-state index contributed by atoms with van der Waals surface area (Å²) in [4.78, 5) is 25.7. The molecule has 0 aliphatic heterocycles. The Bertz CT molecular complexity index is 1030. The first kappa shape index (κ1) is 21.5. The second-order valence-corrected chi connectivity index (χ2v) is 5.96. The summed E-state index contributed by atoms with van der Waals surface area (Å²) in [6.45, 7) is 6.37. The Morgan fingerprint density at radius 3 is 2.03 bits per heavy atom. The number of carboxylic acid groups (broad SMARTS) is 1. The fourth-order valence-corrected chi connectivity index (χ4v) is 2.60. The molecule has 2 N–H and O–H groups in total. The lowest BCUT2D eigenvalue weighted by molar-refractivity contribution is -0.137. The van der Waals surface area contributed by atoms with Crippen molar-refractivity contribution >= 4 is 39.7 Å². The van der Waals surface area contributed by atoms with E-state index in [0.717, 1.165) is 33.2 Å². The van der Waals surface area contributed by atoms with Gasteiger partial charge in [0.05, 0.1) is 6.21 Å². The number of benzene rings is 3. The molecule has 0 radical (unpaired) electrons. The first-order valence-electron chi connectivity index (χ1n) is 8.77. The molecule has 6 heteroatoms. The van der Waals surface area contributed by atoms with Crippen LogP contribution in [-0.2, 0) is 14.4 Å². The Labute approximate surface area is 168 Å². The highest BCUT2D eigenvalue weighted by molar-refractivity contribution is 6.13. The molecule has 0 saturated heterocycles. The van der Waals surface area contributed by atoms with Crippen LogP contribution >= 0.6 is 0 Å². The van der Waals surface area contributed by atoms with E-state index >= 15 is 0 Å². The monoisotopic (exact) mass is 391 g/mol. The molecule has 0 aliphatic carbocycles.